The third-order valence-corrected chi connectivity index (χ3v) is 6.56. The number of anilines is 2. The second-order valence-electron chi connectivity index (χ2n) is 8.57. The zero-order valence-electron chi connectivity index (χ0n) is 20.5. The number of nitrogens with zero attached hydrogens (tertiary/aromatic N) is 5. The van der Waals surface area contributed by atoms with Gasteiger partial charge in [-0.3, -0.25) is 9.88 Å². The van der Waals surface area contributed by atoms with Crippen molar-refractivity contribution in [2.45, 2.75) is 6.42 Å². The molecule has 3 heterocycles. The number of pyridine rings is 1. The Bertz CT molecular complexity index is 1410. The SMILES string of the molecule is COc1c(OCCCN2CCOCC2)ccc2c(Nc3ccc(-n4ccnc4)c(Cl)c3)c(C#N)cnc12. The highest BCUT2D eigenvalue weighted by Gasteiger charge is 2.17. The van der Waals surface area contributed by atoms with E-state index in [1.165, 1.54) is 6.20 Å². The maximum absolute atomic E-state index is 9.78. The number of nitrogens with one attached hydrogen (secondary N) is 1. The van der Waals surface area contributed by atoms with Gasteiger partial charge in [0.05, 0.1) is 55.2 Å². The molecule has 1 aliphatic heterocycles. The third kappa shape index (κ3) is 5.47. The van der Waals surface area contributed by atoms with Crippen LogP contribution in [0.5, 0.6) is 11.5 Å². The number of benzene rings is 2. The van der Waals surface area contributed by atoms with Crippen LogP contribution in [0.15, 0.2) is 55.2 Å². The van der Waals surface area contributed by atoms with Crippen LogP contribution in [0.3, 0.4) is 0 Å². The van der Waals surface area contributed by atoms with Crippen molar-refractivity contribution in [3.05, 3.63) is 65.8 Å². The number of ether oxygens (including phenoxy) is 3. The minimum Gasteiger partial charge on any atom is -0.491 e. The minimum atomic E-state index is 0.406. The molecule has 37 heavy (non-hydrogen) atoms. The number of methoxy groups -OCH3 is 1. The number of nitriles is 1. The molecule has 0 spiro atoms. The molecule has 10 heteroatoms. The normalized spacial score (nSPS) is 13.9. The van der Waals surface area contributed by atoms with Crippen LogP contribution in [-0.2, 0) is 4.74 Å². The second kappa shape index (κ2) is 11.5. The number of hydrogen-bond acceptors (Lipinski definition) is 8. The predicted molar refractivity (Wildman–Crippen MR) is 142 cm³/mol. The molecule has 1 saturated heterocycles. The van der Waals surface area contributed by atoms with Gasteiger partial charge in [-0.1, -0.05) is 11.6 Å². The molecule has 9 nitrogen and oxygen atoms in total. The molecule has 0 aliphatic carbocycles. The average Bonchev–Trinajstić information content (AvgIpc) is 3.46. The van der Waals surface area contributed by atoms with Gasteiger partial charge in [0.15, 0.2) is 11.5 Å². The Morgan fingerprint density at radius 2 is 2.08 bits per heavy atom. The van der Waals surface area contributed by atoms with E-state index >= 15 is 0 Å². The van der Waals surface area contributed by atoms with Crippen LogP contribution in [-0.4, -0.2) is 66.0 Å². The van der Waals surface area contributed by atoms with E-state index in [-0.39, 0.29) is 0 Å². The van der Waals surface area contributed by atoms with Gasteiger partial charge in [0, 0.05) is 49.3 Å². The highest BCUT2D eigenvalue weighted by atomic mass is 35.5. The third-order valence-electron chi connectivity index (χ3n) is 6.26. The zero-order valence-corrected chi connectivity index (χ0v) is 21.2. The Morgan fingerprint density at radius 1 is 1.22 bits per heavy atom. The van der Waals surface area contributed by atoms with Crippen LogP contribution in [0.25, 0.3) is 16.6 Å². The van der Waals surface area contributed by atoms with Crippen molar-refractivity contribution in [3.8, 4) is 23.3 Å². The maximum Gasteiger partial charge on any atom is 0.187 e. The number of aromatic nitrogens is 3. The predicted octanol–water partition coefficient (Wildman–Crippen LogP) is 4.80. The van der Waals surface area contributed by atoms with Crippen molar-refractivity contribution in [2.24, 2.45) is 0 Å². The Hall–Kier alpha value is -3.84. The lowest BCUT2D eigenvalue weighted by Crippen LogP contribution is -2.37. The van der Waals surface area contributed by atoms with Crippen molar-refractivity contribution < 1.29 is 14.2 Å². The molecule has 0 atom stereocenters. The van der Waals surface area contributed by atoms with Gasteiger partial charge >= 0.3 is 0 Å². The summed E-state index contributed by atoms with van der Waals surface area (Å²) in [5, 5.41) is 14.4. The number of hydrogen-bond donors (Lipinski definition) is 1. The summed E-state index contributed by atoms with van der Waals surface area (Å²) in [5.41, 5.74) is 3.18. The van der Waals surface area contributed by atoms with Crippen LogP contribution in [0.4, 0.5) is 11.4 Å². The molecule has 0 radical (unpaired) electrons. The summed E-state index contributed by atoms with van der Waals surface area (Å²) in [6.07, 6.45) is 7.64. The average molecular weight is 519 g/mol. The number of fused-ring (bicyclic) bond motifs is 1. The zero-order chi connectivity index (χ0) is 25.6. The van der Waals surface area contributed by atoms with Crippen LogP contribution in [0.1, 0.15) is 12.0 Å². The molecule has 0 unspecified atom stereocenters. The Kier molecular flexibility index (Phi) is 7.70. The fourth-order valence-electron chi connectivity index (χ4n) is 4.39. The molecular weight excluding hydrogens is 492 g/mol. The summed E-state index contributed by atoms with van der Waals surface area (Å²) >= 11 is 6.55. The summed E-state index contributed by atoms with van der Waals surface area (Å²) in [4.78, 5) is 11.0. The molecule has 1 aliphatic rings. The maximum atomic E-state index is 9.78. The highest BCUT2D eigenvalue weighted by molar-refractivity contribution is 6.32. The number of halogens is 1. The van der Waals surface area contributed by atoms with Gasteiger partial charge < -0.3 is 24.1 Å². The van der Waals surface area contributed by atoms with Gasteiger partial charge in [0.1, 0.15) is 11.6 Å². The number of rotatable bonds is 9. The molecule has 1 N–H and O–H groups in total. The van der Waals surface area contributed by atoms with Crippen molar-refractivity contribution >= 4 is 33.9 Å². The van der Waals surface area contributed by atoms with E-state index in [4.69, 9.17) is 25.8 Å². The van der Waals surface area contributed by atoms with Gasteiger partial charge in [0.2, 0.25) is 0 Å². The molecule has 0 amide bonds. The molecule has 2 aromatic heterocycles. The molecule has 0 bridgehead atoms. The number of imidazole rings is 1. The van der Waals surface area contributed by atoms with E-state index in [9.17, 15) is 5.26 Å². The van der Waals surface area contributed by atoms with Gasteiger partial charge in [-0.05, 0) is 36.8 Å². The summed E-state index contributed by atoms with van der Waals surface area (Å²) in [6, 6.07) is 11.6. The largest absolute Gasteiger partial charge is 0.491 e. The van der Waals surface area contributed by atoms with Crippen LogP contribution in [0.2, 0.25) is 5.02 Å². The lowest BCUT2D eigenvalue weighted by molar-refractivity contribution is 0.0357. The first kappa shape index (κ1) is 24.8. The minimum absolute atomic E-state index is 0.406. The van der Waals surface area contributed by atoms with Gasteiger partial charge in [-0.2, -0.15) is 5.26 Å². The summed E-state index contributed by atoms with van der Waals surface area (Å²) < 4.78 is 19.0. The fraction of sp³-hybridized carbons (Fsp3) is 0.296. The van der Waals surface area contributed by atoms with E-state index in [0.717, 1.165) is 56.0 Å². The first-order chi connectivity index (χ1) is 18.2. The van der Waals surface area contributed by atoms with E-state index in [0.29, 0.717) is 39.9 Å². The molecule has 190 valence electrons. The van der Waals surface area contributed by atoms with E-state index in [1.54, 1.807) is 19.6 Å². The lowest BCUT2D eigenvalue weighted by atomic mass is 10.1. The first-order valence-electron chi connectivity index (χ1n) is 12.1. The van der Waals surface area contributed by atoms with Crippen molar-refractivity contribution in [3.63, 3.8) is 0 Å². The smallest absolute Gasteiger partial charge is 0.187 e. The van der Waals surface area contributed by atoms with Crippen molar-refractivity contribution in [1.29, 1.82) is 5.26 Å². The molecule has 4 aromatic rings. The van der Waals surface area contributed by atoms with Gasteiger partial charge in [-0.25, -0.2) is 4.98 Å². The second-order valence-corrected chi connectivity index (χ2v) is 8.98. The van der Waals surface area contributed by atoms with Gasteiger partial charge in [-0.15, -0.1) is 0 Å². The standard InChI is InChI=1S/C27H27ClN6O3/c1-35-27-24(37-12-2-8-33-10-13-36-14-11-33)6-4-21-25(19(16-29)17-31-26(21)27)32-20-3-5-23(22(28)15-20)34-9-7-30-18-34/h3-7,9,15,17-18H,2,8,10-14H2,1H3,(H,31,32). The quantitative estimate of drug-likeness (QED) is 0.316. The van der Waals surface area contributed by atoms with Crippen LogP contribution >= 0.6 is 11.6 Å². The van der Waals surface area contributed by atoms with E-state index in [1.807, 2.05) is 41.1 Å². The first-order valence-corrected chi connectivity index (χ1v) is 12.4. The molecule has 2 aromatic carbocycles. The molecular formula is C27H27ClN6O3. The molecule has 1 fully saturated rings. The van der Waals surface area contributed by atoms with Crippen molar-refractivity contribution in [1.82, 2.24) is 19.4 Å². The summed E-state index contributed by atoms with van der Waals surface area (Å²) in [7, 11) is 1.59. The Balaban J connectivity index is 1.38. The highest BCUT2D eigenvalue weighted by Crippen LogP contribution is 2.39. The van der Waals surface area contributed by atoms with Crippen LogP contribution in [0, 0.1) is 11.3 Å². The summed E-state index contributed by atoms with van der Waals surface area (Å²) in [5.74, 6) is 1.15. The summed E-state index contributed by atoms with van der Waals surface area (Å²) in [6.45, 7) is 5.00. The fourth-order valence-corrected chi connectivity index (χ4v) is 4.66. The Morgan fingerprint density at radius 3 is 2.81 bits per heavy atom. The molecule has 0 saturated carbocycles. The van der Waals surface area contributed by atoms with Crippen LogP contribution < -0.4 is 14.8 Å². The Labute approximate surface area is 220 Å². The van der Waals surface area contributed by atoms with E-state index < -0.39 is 0 Å². The molecule has 5 rings (SSSR count). The monoisotopic (exact) mass is 518 g/mol. The lowest BCUT2D eigenvalue weighted by Gasteiger charge is -2.26. The number of morpholine rings is 1. The van der Waals surface area contributed by atoms with Gasteiger partial charge in [0.25, 0.3) is 0 Å². The van der Waals surface area contributed by atoms with Crippen molar-refractivity contribution in [2.75, 3.05) is 51.9 Å². The topological polar surface area (TPSA) is 97.5 Å². The van der Waals surface area contributed by atoms with E-state index in [2.05, 4.69) is 26.3 Å².